The van der Waals surface area contributed by atoms with Crippen molar-refractivity contribution in [3.63, 3.8) is 0 Å². The highest BCUT2D eigenvalue weighted by molar-refractivity contribution is 6.08. The van der Waals surface area contributed by atoms with Gasteiger partial charge in [0.15, 0.2) is 0 Å². The van der Waals surface area contributed by atoms with Crippen LogP contribution in [0.3, 0.4) is 0 Å². The van der Waals surface area contributed by atoms with Crippen molar-refractivity contribution < 1.29 is 14.4 Å². The maximum absolute atomic E-state index is 13.1. The van der Waals surface area contributed by atoms with Crippen LogP contribution in [0.1, 0.15) is 38.2 Å². The number of hydrogen-bond acceptors (Lipinski definition) is 4. The summed E-state index contributed by atoms with van der Waals surface area (Å²) in [7, 11) is 1.75. The lowest BCUT2D eigenvalue weighted by Crippen LogP contribution is -2.48. The predicted molar refractivity (Wildman–Crippen MR) is 111 cm³/mol. The van der Waals surface area contributed by atoms with Crippen LogP contribution >= 0.6 is 0 Å². The summed E-state index contributed by atoms with van der Waals surface area (Å²) in [6.45, 7) is 4.21. The van der Waals surface area contributed by atoms with Gasteiger partial charge in [-0.3, -0.25) is 19.3 Å². The average molecular weight is 396 g/mol. The minimum Gasteiger partial charge on any atom is -0.371 e. The number of rotatable bonds is 5. The van der Waals surface area contributed by atoms with Gasteiger partial charge in [-0.25, -0.2) is 0 Å². The summed E-state index contributed by atoms with van der Waals surface area (Å²) in [5.74, 6) is -1.20. The first-order valence-electron chi connectivity index (χ1n) is 10.6. The minimum absolute atomic E-state index is 0.198. The first-order chi connectivity index (χ1) is 14.0. The summed E-state index contributed by atoms with van der Waals surface area (Å²) >= 11 is 0. The molecule has 6 nitrogen and oxygen atoms in total. The summed E-state index contributed by atoms with van der Waals surface area (Å²) < 4.78 is 0. The Labute approximate surface area is 172 Å². The number of likely N-dealkylation sites (tertiary alicyclic amines) is 1. The Bertz CT molecular complexity index is 818. The molecular formula is C23H29N3O3. The number of amides is 3. The number of imide groups is 1. The second-order valence-electron chi connectivity index (χ2n) is 8.40. The smallest absolute Gasteiger partial charge is 0.245 e. The number of hydrogen-bond donors (Lipinski definition) is 0. The van der Waals surface area contributed by atoms with E-state index in [1.54, 1.807) is 18.9 Å². The normalized spacial score (nSPS) is 24.8. The fourth-order valence-electron chi connectivity index (χ4n) is 4.88. The lowest BCUT2D eigenvalue weighted by molar-refractivity contribution is -0.150. The van der Waals surface area contributed by atoms with E-state index in [4.69, 9.17) is 0 Å². The molecule has 0 bridgehead atoms. The molecule has 1 aromatic carbocycles. The first kappa shape index (κ1) is 19.7. The maximum Gasteiger partial charge on any atom is 0.245 e. The number of allylic oxidation sites excluding steroid dienone is 2. The van der Waals surface area contributed by atoms with Crippen molar-refractivity contribution in [1.82, 2.24) is 9.80 Å². The number of anilines is 1. The van der Waals surface area contributed by atoms with Crippen LogP contribution in [0.15, 0.2) is 36.4 Å². The lowest BCUT2D eigenvalue weighted by Gasteiger charge is -2.29. The van der Waals surface area contributed by atoms with Crippen LogP contribution in [0.5, 0.6) is 0 Å². The van der Waals surface area contributed by atoms with Gasteiger partial charge in [0.25, 0.3) is 0 Å². The van der Waals surface area contributed by atoms with Gasteiger partial charge in [0.2, 0.25) is 17.7 Å². The molecular weight excluding hydrogens is 366 g/mol. The van der Waals surface area contributed by atoms with E-state index in [2.05, 4.69) is 17.0 Å². The predicted octanol–water partition coefficient (Wildman–Crippen LogP) is 2.58. The number of fused-ring (bicyclic) bond motifs is 1. The third-order valence-electron chi connectivity index (χ3n) is 6.51. The fraction of sp³-hybridized carbons (Fsp3) is 0.522. The fourth-order valence-corrected chi connectivity index (χ4v) is 4.88. The monoisotopic (exact) mass is 395 g/mol. The zero-order valence-electron chi connectivity index (χ0n) is 17.2. The number of benzene rings is 1. The molecule has 1 aromatic rings. The molecule has 0 saturated carbocycles. The Morgan fingerprint density at radius 1 is 1.07 bits per heavy atom. The average Bonchev–Trinajstić information content (AvgIpc) is 3.35. The topological polar surface area (TPSA) is 60.9 Å². The van der Waals surface area contributed by atoms with E-state index < -0.39 is 6.04 Å². The van der Waals surface area contributed by atoms with E-state index in [1.165, 1.54) is 23.4 Å². The third-order valence-corrected chi connectivity index (χ3v) is 6.51. The van der Waals surface area contributed by atoms with Crippen molar-refractivity contribution in [3.8, 4) is 0 Å². The molecule has 0 aromatic heterocycles. The van der Waals surface area contributed by atoms with Gasteiger partial charge in [-0.1, -0.05) is 30.4 Å². The van der Waals surface area contributed by atoms with Crippen LogP contribution in [-0.4, -0.2) is 53.7 Å². The summed E-state index contributed by atoms with van der Waals surface area (Å²) in [5, 5.41) is 0. The number of para-hydroxylation sites is 1. The Balaban J connectivity index is 1.47. The molecule has 154 valence electrons. The summed E-state index contributed by atoms with van der Waals surface area (Å²) in [6, 6.07) is 7.40. The van der Waals surface area contributed by atoms with E-state index in [0.717, 1.165) is 18.7 Å². The third kappa shape index (κ3) is 3.56. The molecule has 3 atom stereocenters. The quantitative estimate of drug-likeness (QED) is 0.568. The molecule has 3 amide bonds. The van der Waals surface area contributed by atoms with Gasteiger partial charge < -0.3 is 9.80 Å². The maximum atomic E-state index is 13.1. The van der Waals surface area contributed by atoms with Crippen LogP contribution in [-0.2, 0) is 20.9 Å². The first-order valence-corrected chi connectivity index (χ1v) is 10.6. The number of carbonyl (C=O) groups excluding carboxylic acids is 3. The van der Waals surface area contributed by atoms with Crippen LogP contribution in [0.25, 0.3) is 0 Å². The molecule has 0 spiro atoms. The summed E-state index contributed by atoms with van der Waals surface area (Å²) in [4.78, 5) is 43.9. The van der Waals surface area contributed by atoms with E-state index in [0.29, 0.717) is 19.4 Å². The number of carbonyl (C=O) groups is 3. The van der Waals surface area contributed by atoms with Crippen molar-refractivity contribution in [2.24, 2.45) is 11.8 Å². The van der Waals surface area contributed by atoms with Gasteiger partial charge >= 0.3 is 0 Å². The highest BCUT2D eigenvalue weighted by Gasteiger charge is 2.50. The lowest BCUT2D eigenvalue weighted by atomic mass is 9.85. The zero-order chi connectivity index (χ0) is 20.5. The van der Waals surface area contributed by atoms with Crippen molar-refractivity contribution in [2.75, 3.05) is 25.0 Å². The highest BCUT2D eigenvalue weighted by Crippen LogP contribution is 2.36. The van der Waals surface area contributed by atoms with Crippen LogP contribution in [0.2, 0.25) is 0 Å². The molecule has 2 heterocycles. The molecule has 0 N–H and O–H groups in total. The standard InChI is InChI=1S/C23H29N3O3/c1-16(26-22(28)18-10-4-5-11-19(18)23(26)29)21(27)24(2)15-17-9-3-6-12-20(17)25-13-7-8-14-25/h3-6,9,12,16,18-19H,7-8,10-11,13-15H2,1-2H3/t16-,18+,19+/m1/s1. The van der Waals surface area contributed by atoms with Crippen molar-refractivity contribution in [2.45, 2.75) is 45.2 Å². The molecule has 4 rings (SSSR count). The van der Waals surface area contributed by atoms with Gasteiger partial charge in [0.1, 0.15) is 6.04 Å². The second kappa shape index (κ2) is 8.01. The van der Waals surface area contributed by atoms with Crippen LogP contribution < -0.4 is 4.90 Å². The molecule has 6 heteroatoms. The number of nitrogens with zero attached hydrogens (tertiary/aromatic N) is 3. The Kier molecular flexibility index (Phi) is 5.43. The van der Waals surface area contributed by atoms with Gasteiger partial charge in [-0.05, 0) is 44.2 Å². The van der Waals surface area contributed by atoms with Crippen molar-refractivity contribution in [3.05, 3.63) is 42.0 Å². The van der Waals surface area contributed by atoms with Crippen LogP contribution in [0, 0.1) is 11.8 Å². The van der Waals surface area contributed by atoms with E-state index >= 15 is 0 Å². The van der Waals surface area contributed by atoms with Gasteiger partial charge in [0.05, 0.1) is 11.8 Å². The van der Waals surface area contributed by atoms with E-state index in [1.807, 2.05) is 24.3 Å². The van der Waals surface area contributed by atoms with E-state index in [9.17, 15) is 14.4 Å². The molecule has 1 aliphatic carbocycles. The summed E-state index contributed by atoms with van der Waals surface area (Å²) in [5.41, 5.74) is 2.26. The number of likely N-dealkylation sites (N-methyl/N-ethyl adjacent to an activating group) is 1. The second-order valence-corrected chi connectivity index (χ2v) is 8.40. The molecule has 3 aliphatic rings. The minimum atomic E-state index is -0.774. The molecule has 29 heavy (non-hydrogen) atoms. The van der Waals surface area contributed by atoms with E-state index in [-0.39, 0.29) is 29.6 Å². The van der Waals surface area contributed by atoms with Crippen molar-refractivity contribution >= 4 is 23.4 Å². The van der Waals surface area contributed by atoms with Gasteiger partial charge in [0, 0.05) is 32.4 Å². The molecule has 0 unspecified atom stereocenters. The molecule has 2 saturated heterocycles. The molecule has 2 aliphatic heterocycles. The van der Waals surface area contributed by atoms with Crippen LogP contribution in [0.4, 0.5) is 5.69 Å². The van der Waals surface area contributed by atoms with Crippen molar-refractivity contribution in [1.29, 1.82) is 0 Å². The molecule has 0 radical (unpaired) electrons. The SMILES string of the molecule is C[C@H](C(=O)N(C)Cc1ccccc1N1CCCC1)N1C(=O)[C@H]2CC=CC[C@@H]2C1=O. The Morgan fingerprint density at radius 3 is 2.28 bits per heavy atom. The Morgan fingerprint density at radius 2 is 1.66 bits per heavy atom. The highest BCUT2D eigenvalue weighted by atomic mass is 16.2. The zero-order valence-corrected chi connectivity index (χ0v) is 17.2. The van der Waals surface area contributed by atoms with Gasteiger partial charge in [-0.15, -0.1) is 0 Å². The molecule has 2 fully saturated rings. The van der Waals surface area contributed by atoms with Gasteiger partial charge in [-0.2, -0.15) is 0 Å². The Hall–Kier alpha value is -2.63. The largest absolute Gasteiger partial charge is 0.371 e. The summed E-state index contributed by atoms with van der Waals surface area (Å²) in [6.07, 6.45) is 7.48.